The van der Waals surface area contributed by atoms with E-state index in [1.54, 1.807) is 0 Å². The molecule has 1 aliphatic heterocycles. The van der Waals surface area contributed by atoms with Crippen LogP contribution in [0.5, 0.6) is 6.01 Å². The average Bonchev–Trinajstić information content (AvgIpc) is 3.03. The van der Waals surface area contributed by atoms with E-state index >= 15 is 0 Å². The molecule has 18 heavy (non-hydrogen) atoms. The Morgan fingerprint density at radius 3 is 2.72 bits per heavy atom. The first kappa shape index (κ1) is 12.4. The zero-order chi connectivity index (χ0) is 13.0. The van der Waals surface area contributed by atoms with Gasteiger partial charge in [-0.25, -0.2) is 4.98 Å². The summed E-state index contributed by atoms with van der Waals surface area (Å²) in [5.74, 6) is 0. The minimum absolute atomic E-state index is 0.0545. The number of rotatable bonds is 2. The van der Waals surface area contributed by atoms with Gasteiger partial charge in [-0.2, -0.15) is 0 Å². The van der Waals surface area contributed by atoms with Crippen LogP contribution < -0.4 is 4.74 Å². The fraction of sp³-hybridized carbons (Fsp3) is 0.286. The number of benzene rings is 1. The molecule has 94 valence electrons. The smallest absolute Gasteiger partial charge is 0.297 e. The van der Waals surface area contributed by atoms with Gasteiger partial charge >= 0.3 is 0 Å². The van der Waals surface area contributed by atoms with E-state index in [0.717, 1.165) is 11.8 Å². The van der Waals surface area contributed by atoms with Crippen LogP contribution in [0.4, 0.5) is 0 Å². The zero-order valence-electron chi connectivity index (χ0n) is 10.5. The van der Waals surface area contributed by atoms with Gasteiger partial charge in [0.2, 0.25) is 0 Å². The number of carbonyl (C=O) groups is 1. The molecule has 4 heteroatoms. The number of hydrogen-bond acceptors (Lipinski definition) is 3. The van der Waals surface area contributed by atoms with Gasteiger partial charge in [0.05, 0.1) is 12.2 Å². The Balaban J connectivity index is 0.000000574. The van der Waals surface area contributed by atoms with Crippen molar-refractivity contribution in [2.45, 2.75) is 19.9 Å². The molecular formula is C14H16N2O2. The zero-order valence-corrected chi connectivity index (χ0v) is 10.5. The van der Waals surface area contributed by atoms with E-state index in [2.05, 4.69) is 4.98 Å². The Bertz CT molecular complexity index is 520. The number of aldehydes is 1. The van der Waals surface area contributed by atoms with Crippen molar-refractivity contribution in [1.82, 2.24) is 9.55 Å². The molecule has 0 spiro atoms. The Morgan fingerprint density at radius 1 is 1.33 bits per heavy atom. The van der Waals surface area contributed by atoms with E-state index in [0.29, 0.717) is 18.3 Å². The predicted octanol–water partition coefficient (Wildman–Crippen LogP) is 2.70. The first-order chi connectivity index (χ1) is 8.90. The van der Waals surface area contributed by atoms with E-state index in [1.165, 1.54) is 6.20 Å². The minimum atomic E-state index is 0.0545. The Kier molecular flexibility index (Phi) is 3.77. The monoisotopic (exact) mass is 244 g/mol. The predicted molar refractivity (Wildman–Crippen MR) is 69.0 cm³/mol. The highest BCUT2D eigenvalue weighted by atomic mass is 16.5. The van der Waals surface area contributed by atoms with Crippen molar-refractivity contribution in [1.29, 1.82) is 0 Å². The van der Waals surface area contributed by atoms with E-state index in [4.69, 9.17) is 4.74 Å². The molecule has 0 radical (unpaired) electrons. The van der Waals surface area contributed by atoms with Gasteiger partial charge in [0.1, 0.15) is 12.3 Å². The van der Waals surface area contributed by atoms with Crippen LogP contribution in [0.15, 0.2) is 36.5 Å². The number of carbonyl (C=O) groups excluding carboxylic acids is 1. The minimum Gasteiger partial charge on any atom is -0.462 e. The molecule has 4 nitrogen and oxygen atoms in total. The van der Waals surface area contributed by atoms with E-state index < -0.39 is 0 Å². The Hall–Kier alpha value is -2.10. The van der Waals surface area contributed by atoms with Crippen LogP contribution >= 0.6 is 0 Å². The molecule has 1 aromatic heterocycles. The number of nitrogens with zero attached hydrogens (tertiary/aromatic N) is 2. The highest BCUT2D eigenvalue weighted by molar-refractivity contribution is 5.72. The second-order valence-corrected chi connectivity index (χ2v) is 3.69. The molecule has 1 unspecified atom stereocenters. The standard InChI is InChI=1S/C12H10N2O2.C2H6/c15-7-10-6-13-12-14(10)11(8-16-12)9-4-2-1-3-5-9;1-2/h1-7,11H,8H2;1-2H3. The summed E-state index contributed by atoms with van der Waals surface area (Å²) in [6.07, 6.45) is 2.35. The lowest BCUT2D eigenvalue weighted by molar-refractivity contribution is 0.111. The van der Waals surface area contributed by atoms with Crippen molar-refractivity contribution in [2.24, 2.45) is 0 Å². The Morgan fingerprint density at radius 2 is 2.06 bits per heavy atom. The summed E-state index contributed by atoms with van der Waals surface area (Å²) in [6, 6.07) is 10.6. The lowest BCUT2D eigenvalue weighted by Crippen LogP contribution is -2.11. The third kappa shape index (κ3) is 2.01. The van der Waals surface area contributed by atoms with Crippen molar-refractivity contribution in [3.8, 4) is 6.01 Å². The molecule has 2 heterocycles. The molecule has 2 aromatic rings. The van der Waals surface area contributed by atoms with Crippen LogP contribution in [0, 0.1) is 0 Å². The maximum Gasteiger partial charge on any atom is 0.297 e. The van der Waals surface area contributed by atoms with Crippen LogP contribution in [0.1, 0.15) is 35.9 Å². The Labute approximate surface area is 106 Å². The summed E-state index contributed by atoms with van der Waals surface area (Å²) in [5, 5.41) is 0. The molecule has 3 rings (SSSR count). The van der Waals surface area contributed by atoms with Crippen molar-refractivity contribution >= 4 is 6.29 Å². The molecule has 1 aliphatic rings. The van der Waals surface area contributed by atoms with Gasteiger partial charge in [-0.1, -0.05) is 44.2 Å². The quantitative estimate of drug-likeness (QED) is 0.763. The van der Waals surface area contributed by atoms with E-state index in [-0.39, 0.29) is 6.04 Å². The number of hydrogen-bond donors (Lipinski definition) is 0. The maximum absolute atomic E-state index is 10.9. The van der Waals surface area contributed by atoms with Crippen LogP contribution in [-0.2, 0) is 0 Å². The summed E-state index contributed by atoms with van der Waals surface area (Å²) >= 11 is 0. The van der Waals surface area contributed by atoms with Crippen molar-refractivity contribution in [3.05, 3.63) is 47.8 Å². The van der Waals surface area contributed by atoms with Gasteiger partial charge < -0.3 is 4.74 Å². The molecular weight excluding hydrogens is 228 g/mol. The number of imidazole rings is 1. The fourth-order valence-corrected chi connectivity index (χ4v) is 2.01. The van der Waals surface area contributed by atoms with Crippen molar-refractivity contribution < 1.29 is 9.53 Å². The number of ether oxygens (including phenoxy) is 1. The molecule has 0 N–H and O–H groups in total. The van der Waals surface area contributed by atoms with E-state index in [9.17, 15) is 4.79 Å². The molecule has 0 saturated carbocycles. The SMILES string of the molecule is CC.O=Cc1cnc2n1C(c1ccccc1)CO2. The molecule has 1 atom stereocenters. The summed E-state index contributed by atoms with van der Waals surface area (Å²) in [5.41, 5.74) is 1.68. The summed E-state index contributed by atoms with van der Waals surface area (Å²) in [7, 11) is 0. The topological polar surface area (TPSA) is 44.1 Å². The van der Waals surface area contributed by atoms with Crippen molar-refractivity contribution in [3.63, 3.8) is 0 Å². The third-order valence-electron chi connectivity index (χ3n) is 2.78. The number of fused-ring (bicyclic) bond motifs is 1. The molecule has 0 amide bonds. The van der Waals surface area contributed by atoms with E-state index in [1.807, 2.05) is 48.7 Å². The first-order valence-electron chi connectivity index (χ1n) is 6.10. The highest BCUT2D eigenvalue weighted by Gasteiger charge is 2.28. The number of aromatic nitrogens is 2. The van der Waals surface area contributed by atoms with Crippen LogP contribution in [0.25, 0.3) is 0 Å². The summed E-state index contributed by atoms with van der Waals surface area (Å²) in [4.78, 5) is 14.9. The third-order valence-corrected chi connectivity index (χ3v) is 2.78. The van der Waals surface area contributed by atoms with Gasteiger partial charge in [0, 0.05) is 0 Å². The molecule has 0 bridgehead atoms. The molecule has 0 saturated heterocycles. The van der Waals surface area contributed by atoms with Gasteiger partial charge in [-0.3, -0.25) is 9.36 Å². The summed E-state index contributed by atoms with van der Waals surface area (Å²) in [6.45, 7) is 4.54. The molecule has 0 aliphatic carbocycles. The van der Waals surface area contributed by atoms with Gasteiger partial charge in [-0.05, 0) is 5.56 Å². The average molecular weight is 244 g/mol. The lowest BCUT2D eigenvalue weighted by Gasteiger charge is -2.11. The maximum atomic E-state index is 10.9. The van der Waals surface area contributed by atoms with Gasteiger partial charge in [0.25, 0.3) is 6.01 Å². The normalized spacial score (nSPS) is 16.2. The lowest BCUT2D eigenvalue weighted by atomic mass is 10.1. The van der Waals surface area contributed by atoms with Gasteiger partial charge in [0.15, 0.2) is 6.29 Å². The van der Waals surface area contributed by atoms with Crippen LogP contribution in [0.2, 0.25) is 0 Å². The molecule has 0 fully saturated rings. The van der Waals surface area contributed by atoms with Crippen LogP contribution in [0.3, 0.4) is 0 Å². The van der Waals surface area contributed by atoms with Crippen molar-refractivity contribution in [2.75, 3.05) is 6.61 Å². The summed E-state index contributed by atoms with van der Waals surface area (Å²) < 4.78 is 7.28. The van der Waals surface area contributed by atoms with Crippen LogP contribution in [-0.4, -0.2) is 22.4 Å². The second-order valence-electron chi connectivity index (χ2n) is 3.69. The fourth-order valence-electron chi connectivity index (χ4n) is 2.01. The highest BCUT2D eigenvalue weighted by Crippen LogP contribution is 2.31. The van der Waals surface area contributed by atoms with Gasteiger partial charge in [-0.15, -0.1) is 0 Å². The first-order valence-corrected chi connectivity index (χ1v) is 6.10. The molecule has 1 aromatic carbocycles. The largest absolute Gasteiger partial charge is 0.462 e. The second kappa shape index (κ2) is 5.49.